The van der Waals surface area contributed by atoms with Crippen LogP contribution in [0.1, 0.15) is 61.3 Å². The van der Waals surface area contributed by atoms with Gasteiger partial charge in [0, 0.05) is 6.54 Å². The number of alkyl carbamates (subject to hydrolysis) is 1. The molecule has 0 rings (SSSR count). The lowest BCUT2D eigenvalue weighted by molar-refractivity contribution is -0.157. The van der Waals surface area contributed by atoms with Gasteiger partial charge in [0.05, 0.1) is 5.84 Å². The zero-order valence-corrected chi connectivity index (χ0v) is 15.4. The lowest BCUT2D eigenvalue weighted by Crippen LogP contribution is -2.46. The Labute approximate surface area is 139 Å². The van der Waals surface area contributed by atoms with Gasteiger partial charge in [-0.2, -0.15) is 0 Å². The molecule has 0 aliphatic rings. The van der Waals surface area contributed by atoms with Crippen LogP contribution in [0, 0.1) is 0 Å². The lowest BCUT2D eigenvalue weighted by Gasteiger charge is -2.26. The fourth-order valence-electron chi connectivity index (χ4n) is 1.62. The molecule has 3 N–H and O–H groups in total. The van der Waals surface area contributed by atoms with Gasteiger partial charge in [0.25, 0.3) is 0 Å². The smallest absolute Gasteiger partial charge is 0.408 e. The van der Waals surface area contributed by atoms with Crippen LogP contribution < -0.4 is 11.1 Å². The minimum atomic E-state index is -0.780. The first-order valence-corrected chi connectivity index (χ1v) is 7.79. The van der Waals surface area contributed by atoms with E-state index < -0.39 is 29.3 Å². The monoisotopic (exact) mass is 329 g/mol. The number of rotatable bonds is 6. The largest absolute Gasteiger partial charge is 0.458 e. The van der Waals surface area contributed by atoms with E-state index in [1.807, 2.05) is 0 Å². The maximum atomic E-state index is 12.2. The Morgan fingerprint density at radius 3 is 2.04 bits per heavy atom. The van der Waals surface area contributed by atoms with E-state index >= 15 is 0 Å². The molecular formula is C16H31N3O4. The van der Waals surface area contributed by atoms with E-state index in [0.717, 1.165) is 0 Å². The Hall–Kier alpha value is -1.79. The van der Waals surface area contributed by atoms with Crippen LogP contribution in [0.15, 0.2) is 4.99 Å². The van der Waals surface area contributed by atoms with E-state index in [1.165, 1.54) is 0 Å². The van der Waals surface area contributed by atoms with Crippen LogP contribution in [0.25, 0.3) is 0 Å². The van der Waals surface area contributed by atoms with Gasteiger partial charge in [0.15, 0.2) is 0 Å². The highest BCUT2D eigenvalue weighted by Gasteiger charge is 2.28. The Kier molecular flexibility index (Phi) is 8.06. The number of carbonyl (C=O) groups is 2. The Balaban J connectivity index is 4.75. The second-order valence-electron chi connectivity index (χ2n) is 7.40. The normalized spacial score (nSPS) is 14.1. The van der Waals surface area contributed by atoms with E-state index in [-0.39, 0.29) is 0 Å². The van der Waals surface area contributed by atoms with Crippen molar-refractivity contribution < 1.29 is 19.1 Å². The molecule has 1 atom stereocenters. The number of hydrogen-bond donors (Lipinski definition) is 2. The van der Waals surface area contributed by atoms with Crippen LogP contribution in [0.4, 0.5) is 4.79 Å². The summed E-state index contributed by atoms with van der Waals surface area (Å²) in [6.45, 7) is 12.8. The predicted molar refractivity (Wildman–Crippen MR) is 90.4 cm³/mol. The maximum Gasteiger partial charge on any atom is 0.408 e. The minimum absolute atomic E-state index is 0.394. The van der Waals surface area contributed by atoms with E-state index in [9.17, 15) is 9.59 Å². The van der Waals surface area contributed by atoms with Gasteiger partial charge in [-0.15, -0.1) is 0 Å². The van der Waals surface area contributed by atoms with Crippen LogP contribution in [-0.4, -0.2) is 41.7 Å². The van der Waals surface area contributed by atoms with Gasteiger partial charge in [-0.1, -0.05) is 0 Å². The van der Waals surface area contributed by atoms with Crippen molar-refractivity contribution in [2.45, 2.75) is 78.6 Å². The summed E-state index contributed by atoms with van der Waals surface area (Å²) < 4.78 is 10.5. The number of ether oxygens (including phenoxy) is 2. The quantitative estimate of drug-likeness (QED) is 0.337. The molecule has 0 fully saturated rings. The molecule has 0 aliphatic heterocycles. The van der Waals surface area contributed by atoms with Crippen LogP contribution in [0.5, 0.6) is 0 Å². The number of nitrogens with two attached hydrogens (primary N) is 1. The molecule has 0 spiro atoms. The molecule has 1 amide bonds. The number of esters is 1. The first kappa shape index (κ1) is 21.2. The summed E-state index contributed by atoms with van der Waals surface area (Å²) in [4.78, 5) is 28.2. The average Bonchev–Trinajstić information content (AvgIpc) is 2.27. The topological polar surface area (TPSA) is 103 Å². The molecule has 0 aromatic heterocycles. The van der Waals surface area contributed by atoms with Crippen LogP contribution in [0.3, 0.4) is 0 Å². The standard InChI is InChI=1S/C16H31N3O4/c1-11(17)18-10-8-9-12(13(20)22-15(2,3)4)19-14(21)23-16(5,6)7/h12H,8-10H2,1-7H3,(H2,17,18)(H,19,21). The molecule has 0 saturated heterocycles. The predicted octanol–water partition coefficient (Wildman–Crippen LogP) is 2.38. The van der Waals surface area contributed by atoms with Gasteiger partial charge in [0.1, 0.15) is 17.2 Å². The lowest BCUT2D eigenvalue weighted by atomic mass is 10.1. The third-order valence-corrected chi connectivity index (χ3v) is 2.39. The maximum absolute atomic E-state index is 12.2. The summed E-state index contributed by atoms with van der Waals surface area (Å²) in [7, 11) is 0. The molecule has 23 heavy (non-hydrogen) atoms. The van der Waals surface area contributed by atoms with Crippen LogP contribution in [-0.2, 0) is 14.3 Å². The number of carbonyl (C=O) groups excluding carboxylic acids is 2. The van der Waals surface area contributed by atoms with Crippen molar-refractivity contribution in [3.63, 3.8) is 0 Å². The van der Waals surface area contributed by atoms with E-state index in [2.05, 4.69) is 10.3 Å². The number of aliphatic imine (C=N–C) groups is 1. The number of nitrogens with one attached hydrogen (secondary N) is 1. The second-order valence-corrected chi connectivity index (χ2v) is 7.40. The van der Waals surface area contributed by atoms with Gasteiger partial charge in [0.2, 0.25) is 0 Å². The van der Waals surface area contributed by atoms with Crippen molar-refractivity contribution in [1.29, 1.82) is 0 Å². The Morgan fingerprint density at radius 2 is 1.61 bits per heavy atom. The number of nitrogens with zero attached hydrogens (tertiary/aromatic N) is 1. The zero-order chi connectivity index (χ0) is 18.3. The van der Waals surface area contributed by atoms with Gasteiger partial charge < -0.3 is 20.5 Å². The molecule has 0 heterocycles. The highest BCUT2D eigenvalue weighted by molar-refractivity contribution is 5.81. The average molecular weight is 329 g/mol. The van der Waals surface area contributed by atoms with Crippen LogP contribution in [0.2, 0.25) is 0 Å². The summed E-state index contributed by atoms with van der Waals surface area (Å²) in [6.07, 6.45) is 0.339. The molecular weight excluding hydrogens is 298 g/mol. The summed E-state index contributed by atoms with van der Waals surface area (Å²) in [5.41, 5.74) is 4.21. The SMILES string of the molecule is CC(N)=NCCCC(NC(=O)OC(C)(C)C)C(=O)OC(C)(C)C. The molecule has 1 unspecified atom stereocenters. The third kappa shape index (κ3) is 12.4. The van der Waals surface area contributed by atoms with E-state index in [1.54, 1.807) is 48.5 Å². The molecule has 7 heteroatoms. The number of amidine groups is 1. The highest BCUT2D eigenvalue weighted by Crippen LogP contribution is 2.12. The molecule has 0 aliphatic carbocycles. The minimum Gasteiger partial charge on any atom is -0.458 e. The first-order chi connectivity index (χ1) is 10.3. The molecule has 0 bridgehead atoms. The fraction of sp³-hybridized carbons (Fsp3) is 0.812. The van der Waals surface area contributed by atoms with E-state index in [4.69, 9.17) is 15.2 Å². The number of hydrogen-bond acceptors (Lipinski definition) is 5. The first-order valence-electron chi connectivity index (χ1n) is 7.79. The van der Waals surface area contributed by atoms with Crippen molar-refractivity contribution >= 4 is 17.9 Å². The summed E-state index contributed by atoms with van der Waals surface area (Å²) in [5, 5.41) is 2.57. The third-order valence-electron chi connectivity index (χ3n) is 2.39. The van der Waals surface area contributed by atoms with Crippen molar-refractivity contribution in [3.8, 4) is 0 Å². The van der Waals surface area contributed by atoms with Gasteiger partial charge in [-0.05, 0) is 61.3 Å². The van der Waals surface area contributed by atoms with Crippen LogP contribution >= 0.6 is 0 Å². The van der Waals surface area contributed by atoms with Crippen molar-refractivity contribution in [2.24, 2.45) is 10.7 Å². The molecule has 0 saturated carbocycles. The molecule has 0 radical (unpaired) electrons. The molecule has 0 aromatic carbocycles. The van der Waals surface area contributed by atoms with Gasteiger partial charge in [-0.25, -0.2) is 9.59 Å². The summed E-state index contributed by atoms with van der Waals surface area (Å²) in [6, 6.07) is -0.780. The van der Waals surface area contributed by atoms with Crippen molar-refractivity contribution in [1.82, 2.24) is 5.32 Å². The molecule has 0 aromatic rings. The van der Waals surface area contributed by atoms with Crippen molar-refractivity contribution in [3.05, 3.63) is 0 Å². The Morgan fingerprint density at radius 1 is 1.09 bits per heavy atom. The van der Waals surface area contributed by atoms with Gasteiger partial charge in [-0.3, -0.25) is 4.99 Å². The van der Waals surface area contributed by atoms with E-state index in [0.29, 0.717) is 25.2 Å². The fourth-order valence-corrected chi connectivity index (χ4v) is 1.62. The van der Waals surface area contributed by atoms with Gasteiger partial charge >= 0.3 is 12.1 Å². The zero-order valence-electron chi connectivity index (χ0n) is 15.4. The molecule has 7 nitrogen and oxygen atoms in total. The van der Waals surface area contributed by atoms with Crippen molar-refractivity contribution in [2.75, 3.05) is 6.54 Å². The highest BCUT2D eigenvalue weighted by atomic mass is 16.6. The summed E-state index contributed by atoms with van der Waals surface area (Å²) in [5.74, 6) is -0.00395. The second kappa shape index (κ2) is 8.74. The molecule has 134 valence electrons. The Bertz CT molecular complexity index is 430. The summed E-state index contributed by atoms with van der Waals surface area (Å²) >= 11 is 0. The number of amides is 1.